The lowest BCUT2D eigenvalue weighted by Crippen LogP contribution is -2.68. The molecule has 2 aliphatic carbocycles. The van der Waals surface area contributed by atoms with E-state index in [0.717, 1.165) is 6.42 Å². The highest BCUT2D eigenvalue weighted by Gasteiger charge is 2.58. The lowest BCUT2D eigenvalue weighted by atomic mass is 9.46. The molecule has 2 nitrogen and oxygen atoms in total. The Morgan fingerprint density at radius 2 is 1.90 bits per heavy atom. The smallest absolute Gasteiger partial charge is 0.0616 e. The predicted molar refractivity (Wildman–Crippen MR) is 39.5 cm³/mol. The quantitative estimate of drug-likeness (QED) is 0.563. The fourth-order valence-electron chi connectivity index (χ4n) is 2.40. The summed E-state index contributed by atoms with van der Waals surface area (Å²) in [5.74, 6) is 0. The maximum atomic E-state index is 9.02. The minimum atomic E-state index is -0.189. The first-order valence-electron chi connectivity index (χ1n) is 4.12. The van der Waals surface area contributed by atoms with E-state index in [1.807, 2.05) is 0 Å². The lowest BCUT2D eigenvalue weighted by molar-refractivity contribution is -0.0975. The molecule has 0 radical (unpaired) electrons. The van der Waals surface area contributed by atoms with Crippen molar-refractivity contribution < 1.29 is 5.11 Å². The van der Waals surface area contributed by atoms with E-state index in [2.05, 4.69) is 0 Å². The first kappa shape index (κ1) is 6.62. The van der Waals surface area contributed by atoms with Crippen LogP contribution in [0.5, 0.6) is 0 Å². The van der Waals surface area contributed by atoms with Crippen LogP contribution in [-0.4, -0.2) is 17.3 Å². The van der Waals surface area contributed by atoms with Gasteiger partial charge in [0.25, 0.3) is 0 Å². The second kappa shape index (κ2) is 1.74. The summed E-state index contributed by atoms with van der Waals surface area (Å²) in [6, 6.07) is 0. The van der Waals surface area contributed by atoms with Crippen LogP contribution in [0, 0.1) is 5.41 Å². The molecule has 1 atom stereocenters. The molecule has 3 N–H and O–H groups in total. The Bertz CT molecular complexity index is 134. The van der Waals surface area contributed by atoms with Crippen molar-refractivity contribution in [1.29, 1.82) is 0 Å². The fraction of sp³-hybridized carbons (Fsp3) is 1.00. The highest BCUT2D eigenvalue weighted by Crippen LogP contribution is 2.60. The molecule has 1 unspecified atom stereocenters. The van der Waals surface area contributed by atoms with Crippen molar-refractivity contribution >= 4 is 0 Å². The Labute approximate surface area is 61.4 Å². The summed E-state index contributed by atoms with van der Waals surface area (Å²) in [7, 11) is 0. The third-order valence-corrected chi connectivity index (χ3v) is 3.70. The first-order chi connectivity index (χ1) is 4.72. The van der Waals surface area contributed by atoms with Gasteiger partial charge in [-0.3, -0.25) is 0 Å². The molecule has 58 valence electrons. The highest BCUT2D eigenvalue weighted by molar-refractivity contribution is 5.14. The van der Waals surface area contributed by atoms with Crippen molar-refractivity contribution in [3.63, 3.8) is 0 Å². The van der Waals surface area contributed by atoms with Gasteiger partial charge >= 0.3 is 0 Å². The van der Waals surface area contributed by atoms with E-state index in [1.165, 1.54) is 25.7 Å². The van der Waals surface area contributed by atoms with E-state index >= 15 is 0 Å². The van der Waals surface area contributed by atoms with Gasteiger partial charge in [0.15, 0.2) is 0 Å². The largest absolute Gasteiger partial charge is 0.394 e. The van der Waals surface area contributed by atoms with E-state index in [1.54, 1.807) is 0 Å². The van der Waals surface area contributed by atoms with E-state index in [-0.39, 0.29) is 12.1 Å². The third-order valence-electron chi connectivity index (χ3n) is 3.70. The molecule has 0 bridgehead atoms. The van der Waals surface area contributed by atoms with Gasteiger partial charge in [0.1, 0.15) is 0 Å². The molecule has 0 heterocycles. The summed E-state index contributed by atoms with van der Waals surface area (Å²) in [6.45, 7) is 0.188. The van der Waals surface area contributed by atoms with Crippen LogP contribution in [0.4, 0.5) is 0 Å². The lowest BCUT2D eigenvalue weighted by Gasteiger charge is -2.62. The van der Waals surface area contributed by atoms with Gasteiger partial charge in [0, 0.05) is 5.54 Å². The monoisotopic (exact) mass is 141 g/mol. The van der Waals surface area contributed by atoms with E-state index in [4.69, 9.17) is 10.8 Å². The summed E-state index contributed by atoms with van der Waals surface area (Å²) >= 11 is 0. The van der Waals surface area contributed by atoms with Crippen LogP contribution in [0.2, 0.25) is 0 Å². The Balaban J connectivity index is 2.11. The van der Waals surface area contributed by atoms with Crippen molar-refractivity contribution in [2.75, 3.05) is 6.61 Å². The topological polar surface area (TPSA) is 46.2 Å². The number of hydrogen-bond acceptors (Lipinski definition) is 2. The van der Waals surface area contributed by atoms with Crippen molar-refractivity contribution in [3.8, 4) is 0 Å². The van der Waals surface area contributed by atoms with E-state index < -0.39 is 0 Å². The van der Waals surface area contributed by atoms with Gasteiger partial charge in [0.2, 0.25) is 0 Å². The molecule has 0 aliphatic heterocycles. The molecule has 1 spiro atoms. The summed E-state index contributed by atoms with van der Waals surface area (Å²) in [4.78, 5) is 0. The van der Waals surface area contributed by atoms with Crippen molar-refractivity contribution in [1.82, 2.24) is 0 Å². The average molecular weight is 141 g/mol. The van der Waals surface area contributed by atoms with Gasteiger partial charge in [-0.1, -0.05) is 6.42 Å². The molecular weight excluding hydrogens is 126 g/mol. The van der Waals surface area contributed by atoms with Gasteiger partial charge in [-0.2, -0.15) is 0 Å². The molecule has 2 fully saturated rings. The third kappa shape index (κ3) is 0.523. The molecule has 10 heavy (non-hydrogen) atoms. The Morgan fingerprint density at radius 3 is 2.00 bits per heavy atom. The van der Waals surface area contributed by atoms with Crippen LogP contribution in [0.1, 0.15) is 32.1 Å². The van der Waals surface area contributed by atoms with Crippen LogP contribution in [0.3, 0.4) is 0 Å². The normalized spacial score (nSPS) is 42.6. The van der Waals surface area contributed by atoms with Crippen molar-refractivity contribution in [2.24, 2.45) is 11.1 Å². The zero-order valence-corrected chi connectivity index (χ0v) is 6.27. The molecule has 2 heteroatoms. The number of hydrogen-bond donors (Lipinski definition) is 2. The molecule has 0 aromatic rings. The van der Waals surface area contributed by atoms with Gasteiger partial charge in [0.05, 0.1) is 6.61 Å². The molecule has 0 aromatic heterocycles. The second-order valence-corrected chi connectivity index (χ2v) is 3.95. The summed E-state index contributed by atoms with van der Waals surface area (Å²) in [6.07, 6.45) is 6.11. The van der Waals surface area contributed by atoms with Gasteiger partial charge < -0.3 is 10.8 Å². The minimum absolute atomic E-state index is 0.188. The molecule has 2 saturated carbocycles. The molecule has 2 aliphatic rings. The maximum Gasteiger partial charge on any atom is 0.0616 e. The van der Waals surface area contributed by atoms with Crippen LogP contribution < -0.4 is 5.73 Å². The molecule has 2 rings (SSSR count). The first-order valence-corrected chi connectivity index (χ1v) is 4.12. The average Bonchev–Trinajstić information content (AvgIpc) is 1.81. The number of rotatable bonds is 1. The molecule has 0 saturated heterocycles. The SMILES string of the molecule is NC1(CO)CCC12CCC2. The van der Waals surface area contributed by atoms with Gasteiger partial charge in [-0.05, 0) is 31.1 Å². The summed E-state index contributed by atoms with van der Waals surface area (Å²) < 4.78 is 0. The second-order valence-electron chi connectivity index (χ2n) is 3.95. The molecule has 0 amide bonds. The molecular formula is C8H15NO. The van der Waals surface area contributed by atoms with Crippen LogP contribution in [0.15, 0.2) is 0 Å². The Kier molecular flexibility index (Phi) is 1.15. The minimum Gasteiger partial charge on any atom is -0.394 e. The number of aliphatic hydroxyl groups excluding tert-OH is 1. The Hall–Kier alpha value is -0.0800. The summed E-state index contributed by atoms with van der Waals surface area (Å²) in [5, 5.41) is 9.02. The highest BCUT2D eigenvalue weighted by atomic mass is 16.3. The van der Waals surface area contributed by atoms with E-state index in [9.17, 15) is 0 Å². The number of aliphatic hydroxyl groups is 1. The predicted octanol–water partition coefficient (Wildman–Crippen LogP) is 0.640. The fourth-order valence-corrected chi connectivity index (χ4v) is 2.40. The summed E-state index contributed by atoms with van der Waals surface area (Å²) in [5.41, 5.74) is 6.18. The number of nitrogens with two attached hydrogens (primary N) is 1. The zero-order chi connectivity index (χ0) is 7.24. The van der Waals surface area contributed by atoms with E-state index in [0.29, 0.717) is 5.41 Å². The molecule has 0 aromatic carbocycles. The van der Waals surface area contributed by atoms with Gasteiger partial charge in [-0.25, -0.2) is 0 Å². The van der Waals surface area contributed by atoms with Crippen LogP contribution >= 0.6 is 0 Å². The van der Waals surface area contributed by atoms with Crippen molar-refractivity contribution in [2.45, 2.75) is 37.6 Å². The zero-order valence-electron chi connectivity index (χ0n) is 6.27. The van der Waals surface area contributed by atoms with Crippen LogP contribution in [-0.2, 0) is 0 Å². The van der Waals surface area contributed by atoms with Gasteiger partial charge in [-0.15, -0.1) is 0 Å². The standard InChI is InChI=1S/C8H15NO/c9-8(6-10)5-4-7(8)2-1-3-7/h10H,1-6,9H2. The maximum absolute atomic E-state index is 9.02. The Morgan fingerprint density at radius 1 is 1.20 bits per heavy atom. The van der Waals surface area contributed by atoms with Crippen molar-refractivity contribution in [3.05, 3.63) is 0 Å². The van der Waals surface area contributed by atoms with Crippen LogP contribution in [0.25, 0.3) is 0 Å².